The van der Waals surface area contributed by atoms with Gasteiger partial charge in [-0.15, -0.1) is 23.1 Å². The first-order valence-corrected chi connectivity index (χ1v) is 10.5. The first-order valence-electron chi connectivity index (χ1n) is 7.87. The molecule has 0 atom stereocenters. The Labute approximate surface area is 177 Å². The minimum atomic E-state index is -4.42. The Morgan fingerprint density at radius 3 is 2.29 bits per heavy atom. The van der Waals surface area contributed by atoms with Gasteiger partial charge >= 0.3 is 6.18 Å². The van der Waals surface area contributed by atoms with Gasteiger partial charge in [-0.1, -0.05) is 29.3 Å². The van der Waals surface area contributed by atoms with Crippen molar-refractivity contribution in [3.63, 3.8) is 0 Å². The number of amides is 1. The maximum absolute atomic E-state index is 12.6. The third-order valence-electron chi connectivity index (χ3n) is 3.74. The Hall–Kier alpha value is -1.67. The zero-order valence-corrected chi connectivity index (χ0v) is 17.2. The van der Waals surface area contributed by atoms with Crippen molar-refractivity contribution in [1.29, 1.82) is 0 Å². The third kappa shape index (κ3) is 5.03. The lowest BCUT2D eigenvalue weighted by molar-refractivity contribution is -0.137. The second kappa shape index (κ2) is 8.78. The molecule has 0 spiro atoms. The normalized spacial score (nSPS) is 11.5. The van der Waals surface area contributed by atoms with Gasteiger partial charge in [0.15, 0.2) is 0 Å². The van der Waals surface area contributed by atoms with Crippen LogP contribution in [0.15, 0.2) is 58.8 Å². The van der Waals surface area contributed by atoms with E-state index in [0.29, 0.717) is 20.7 Å². The number of carbonyl (C=O) groups is 1. The maximum Gasteiger partial charge on any atom is 0.416 e. The number of benzene rings is 2. The molecule has 1 aromatic heterocycles. The summed E-state index contributed by atoms with van der Waals surface area (Å²) in [6.45, 7) is 0. The summed E-state index contributed by atoms with van der Waals surface area (Å²) in [4.78, 5) is 13.7. The van der Waals surface area contributed by atoms with Gasteiger partial charge in [0.25, 0.3) is 5.91 Å². The van der Waals surface area contributed by atoms with Crippen LogP contribution in [0.3, 0.4) is 0 Å². The van der Waals surface area contributed by atoms with Crippen LogP contribution in [0.25, 0.3) is 0 Å². The maximum atomic E-state index is 12.6. The molecule has 146 valence electrons. The van der Waals surface area contributed by atoms with Gasteiger partial charge in [-0.05, 0) is 53.4 Å². The monoisotopic (exact) mass is 461 g/mol. The number of hydrogen-bond acceptors (Lipinski definition) is 3. The van der Waals surface area contributed by atoms with Crippen molar-refractivity contribution < 1.29 is 18.0 Å². The first-order chi connectivity index (χ1) is 13.3. The van der Waals surface area contributed by atoms with Crippen molar-refractivity contribution in [3.8, 4) is 0 Å². The van der Waals surface area contributed by atoms with Crippen LogP contribution < -0.4 is 5.32 Å². The SMILES string of the molecule is O=C(Nc1ccc(C(F)(F)F)cc1)c1sccc1SCc1c(Cl)cccc1Cl. The zero-order chi connectivity index (χ0) is 20.3. The van der Waals surface area contributed by atoms with E-state index in [0.717, 1.165) is 22.6 Å². The molecule has 0 aliphatic carbocycles. The lowest BCUT2D eigenvalue weighted by Gasteiger charge is -2.10. The number of halogens is 5. The summed E-state index contributed by atoms with van der Waals surface area (Å²) in [6.07, 6.45) is -4.42. The van der Waals surface area contributed by atoms with Gasteiger partial charge in [0.05, 0.1) is 5.56 Å². The molecular weight excluding hydrogens is 450 g/mol. The van der Waals surface area contributed by atoms with E-state index in [1.54, 1.807) is 23.6 Å². The molecule has 0 unspecified atom stereocenters. The van der Waals surface area contributed by atoms with E-state index >= 15 is 0 Å². The molecule has 3 rings (SSSR count). The Morgan fingerprint density at radius 1 is 1.04 bits per heavy atom. The Balaban J connectivity index is 1.70. The van der Waals surface area contributed by atoms with E-state index in [1.807, 2.05) is 6.07 Å². The highest BCUT2D eigenvalue weighted by Crippen LogP contribution is 2.35. The molecule has 0 aliphatic rings. The highest BCUT2D eigenvalue weighted by atomic mass is 35.5. The molecule has 0 bridgehead atoms. The first kappa shape index (κ1) is 21.0. The van der Waals surface area contributed by atoms with Crippen molar-refractivity contribution in [3.05, 3.63) is 80.0 Å². The molecular formula is C19H12Cl2F3NOS2. The second-order valence-electron chi connectivity index (χ2n) is 5.63. The molecule has 1 N–H and O–H groups in total. The highest BCUT2D eigenvalue weighted by molar-refractivity contribution is 7.98. The summed E-state index contributed by atoms with van der Waals surface area (Å²) in [5.41, 5.74) is 0.294. The van der Waals surface area contributed by atoms with Crippen LogP contribution in [0.1, 0.15) is 20.8 Å². The van der Waals surface area contributed by atoms with Crippen molar-refractivity contribution in [2.24, 2.45) is 0 Å². The van der Waals surface area contributed by atoms with E-state index in [4.69, 9.17) is 23.2 Å². The number of hydrogen-bond donors (Lipinski definition) is 1. The summed E-state index contributed by atoms with van der Waals surface area (Å²) in [5.74, 6) is 0.0954. The van der Waals surface area contributed by atoms with E-state index in [2.05, 4.69) is 5.32 Å². The fraction of sp³-hybridized carbons (Fsp3) is 0.105. The molecule has 0 radical (unpaired) electrons. The topological polar surface area (TPSA) is 29.1 Å². The van der Waals surface area contributed by atoms with Crippen molar-refractivity contribution in [2.45, 2.75) is 16.8 Å². The molecule has 0 saturated carbocycles. The van der Waals surface area contributed by atoms with Crippen molar-refractivity contribution in [2.75, 3.05) is 5.32 Å². The third-order valence-corrected chi connectivity index (χ3v) is 6.57. The van der Waals surface area contributed by atoms with Gasteiger partial charge in [0, 0.05) is 26.4 Å². The summed E-state index contributed by atoms with van der Waals surface area (Å²) in [6, 6.07) is 11.4. The van der Waals surface area contributed by atoms with Gasteiger partial charge in [0.1, 0.15) is 4.88 Å². The van der Waals surface area contributed by atoms with Gasteiger partial charge in [-0.3, -0.25) is 4.79 Å². The van der Waals surface area contributed by atoms with E-state index in [-0.39, 0.29) is 11.6 Å². The number of nitrogens with one attached hydrogen (secondary N) is 1. The molecule has 0 saturated heterocycles. The lowest BCUT2D eigenvalue weighted by Crippen LogP contribution is -2.11. The molecule has 28 heavy (non-hydrogen) atoms. The molecule has 0 aliphatic heterocycles. The minimum Gasteiger partial charge on any atom is -0.321 e. The predicted molar refractivity (Wildman–Crippen MR) is 110 cm³/mol. The van der Waals surface area contributed by atoms with Crippen LogP contribution in [0.2, 0.25) is 10.0 Å². The second-order valence-corrected chi connectivity index (χ2v) is 8.38. The Morgan fingerprint density at radius 2 is 1.68 bits per heavy atom. The fourth-order valence-corrected chi connectivity index (χ4v) is 5.11. The summed E-state index contributed by atoms with van der Waals surface area (Å²) < 4.78 is 37.9. The van der Waals surface area contributed by atoms with Crippen LogP contribution in [-0.4, -0.2) is 5.91 Å². The van der Waals surface area contributed by atoms with Crippen molar-refractivity contribution in [1.82, 2.24) is 0 Å². The number of thioether (sulfide) groups is 1. The molecule has 1 amide bonds. The smallest absolute Gasteiger partial charge is 0.321 e. The predicted octanol–water partition coefficient (Wildman–Crippen LogP) is 7.62. The van der Waals surface area contributed by atoms with Crippen molar-refractivity contribution >= 4 is 57.9 Å². The largest absolute Gasteiger partial charge is 0.416 e. The van der Waals surface area contributed by atoms with Crippen LogP contribution in [-0.2, 0) is 11.9 Å². The zero-order valence-electron chi connectivity index (χ0n) is 14.0. The van der Waals surface area contributed by atoms with E-state index in [1.165, 1.54) is 35.2 Å². The highest BCUT2D eigenvalue weighted by Gasteiger charge is 2.30. The average Bonchev–Trinajstić information content (AvgIpc) is 3.10. The molecule has 9 heteroatoms. The van der Waals surface area contributed by atoms with Crippen LogP contribution in [0.5, 0.6) is 0 Å². The van der Waals surface area contributed by atoms with Crippen LogP contribution >= 0.6 is 46.3 Å². The number of anilines is 1. The number of carbonyl (C=O) groups excluding carboxylic acids is 1. The van der Waals surface area contributed by atoms with Crippen LogP contribution in [0, 0.1) is 0 Å². The number of alkyl halides is 3. The number of rotatable bonds is 5. The van der Waals surface area contributed by atoms with Gasteiger partial charge < -0.3 is 5.32 Å². The standard InChI is InChI=1S/C19H12Cl2F3NOS2/c20-14-2-1-3-15(21)13(14)10-28-16-8-9-27-17(16)18(26)25-12-6-4-11(5-7-12)19(22,23)24/h1-9H,10H2,(H,25,26). The molecule has 0 fully saturated rings. The van der Waals surface area contributed by atoms with Gasteiger partial charge in [-0.25, -0.2) is 0 Å². The Kier molecular flexibility index (Phi) is 6.60. The lowest BCUT2D eigenvalue weighted by atomic mass is 10.2. The Bertz CT molecular complexity index is 967. The van der Waals surface area contributed by atoms with Crippen LogP contribution in [0.4, 0.5) is 18.9 Å². The van der Waals surface area contributed by atoms with E-state index < -0.39 is 11.7 Å². The summed E-state index contributed by atoms with van der Waals surface area (Å²) >= 11 is 15.0. The average molecular weight is 462 g/mol. The fourth-order valence-electron chi connectivity index (χ4n) is 2.33. The molecule has 2 aromatic carbocycles. The summed E-state index contributed by atoms with van der Waals surface area (Å²) in [5, 5.41) is 5.49. The van der Waals surface area contributed by atoms with E-state index in [9.17, 15) is 18.0 Å². The van der Waals surface area contributed by atoms with Gasteiger partial charge in [-0.2, -0.15) is 13.2 Å². The molecule has 3 aromatic rings. The molecule has 1 heterocycles. The molecule has 2 nitrogen and oxygen atoms in total. The quantitative estimate of drug-likeness (QED) is 0.395. The summed E-state index contributed by atoms with van der Waals surface area (Å²) in [7, 11) is 0. The number of thiophene rings is 1. The minimum absolute atomic E-state index is 0.288. The van der Waals surface area contributed by atoms with Gasteiger partial charge in [0.2, 0.25) is 0 Å².